The number of fused-ring (bicyclic) bond motifs is 1. The average Bonchev–Trinajstić information content (AvgIpc) is 3.37. The smallest absolute Gasteiger partial charge is 0.240 e. The highest BCUT2D eigenvalue weighted by molar-refractivity contribution is 8.00. The van der Waals surface area contributed by atoms with Crippen molar-refractivity contribution in [2.45, 2.75) is 38.0 Å². The highest BCUT2D eigenvalue weighted by Gasteiger charge is 2.40. The quantitative estimate of drug-likeness (QED) is 0.278. The Morgan fingerprint density at radius 1 is 1.02 bits per heavy atom. The molecular formula is C33H37N5O5S. The molecule has 0 aliphatic carbocycles. The summed E-state index contributed by atoms with van der Waals surface area (Å²) in [7, 11) is 4.82. The van der Waals surface area contributed by atoms with Gasteiger partial charge in [-0.25, -0.2) is 4.68 Å². The Kier molecular flexibility index (Phi) is 9.14. The molecule has 0 fully saturated rings. The lowest BCUT2D eigenvalue weighted by molar-refractivity contribution is -0.123. The van der Waals surface area contributed by atoms with Crippen LogP contribution in [0.1, 0.15) is 48.4 Å². The number of carbonyl (C=O) groups is 2. The van der Waals surface area contributed by atoms with Gasteiger partial charge in [0.1, 0.15) is 18.1 Å². The minimum Gasteiger partial charge on any atom is -0.497 e. The average molecular weight is 616 g/mol. The van der Waals surface area contributed by atoms with Crippen LogP contribution in [-0.2, 0) is 21.5 Å². The molecule has 11 heteroatoms. The third-order valence-corrected chi connectivity index (χ3v) is 8.60. The van der Waals surface area contributed by atoms with E-state index in [0.29, 0.717) is 29.6 Å². The van der Waals surface area contributed by atoms with Crippen molar-refractivity contribution in [1.82, 2.24) is 20.1 Å². The number of aromatic nitrogens is 3. The zero-order chi connectivity index (χ0) is 31.4. The van der Waals surface area contributed by atoms with Crippen molar-refractivity contribution < 1.29 is 23.8 Å². The molecule has 0 radical (unpaired) electrons. The summed E-state index contributed by atoms with van der Waals surface area (Å²) < 4.78 is 18.3. The van der Waals surface area contributed by atoms with Gasteiger partial charge in [-0.2, -0.15) is 5.10 Å². The Morgan fingerprint density at radius 3 is 2.41 bits per heavy atom. The second kappa shape index (κ2) is 13.0. The Balaban J connectivity index is 1.67. The maximum atomic E-state index is 13.9. The number of carbonyl (C=O) groups excluding carboxylic acids is 2. The second-order valence-corrected chi connectivity index (χ2v) is 12.5. The van der Waals surface area contributed by atoms with E-state index in [1.165, 1.54) is 11.8 Å². The summed E-state index contributed by atoms with van der Waals surface area (Å²) in [5.74, 6) is 2.15. The van der Waals surface area contributed by atoms with E-state index in [2.05, 4.69) is 31.1 Å². The number of nitrogens with one attached hydrogen (secondary N) is 1. The van der Waals surface area contributed by atoms with Crippen molar-refractivity contribution in [3.63, 3.8) is 0 Å². The summed E-state index contributed by atoms with van der Waals surface area (Å²) in [6, 6.07) is 17.0. The van der Waals surface area contributed by atoms with Gasteiger partial charge in [-0.05, 0) is 53.6 Å². The Morgan fingerprint density at radius 2 is 1.77 bits per heavy atom. The lowest BCUT2D eigenvalue weighted by Gasteiger charge is -2.25. The van der Waals surface area contributed by atoms with Gasteiger partial charge in [-0.3, -0.25) is 19.5 Å². The van der Waals surface area contributed by atoms with Gasteiger partial charge in [0, 0.05) is 29.9 Å². The molecule has 1 aliphatic heterocycles. The first-order valence-corrected chi connectivity index (χ1v) is 15.3. The summed E-state index contributed by atoms with van der Waals surface area (Å²) >= 11 is 1.51. The van der Waals surface area contributed by atoms with Crippen molar-refractivity contribution in [2.75, 3.05) is 38.5 Å². The van der Waals surface area contributed by atoms with Gasteiger partial charge in [-0.15, -0.1) is 11.8 Å². The van der Waals surface area contributed by atoms with Crippen LogP contribution in [-0.4, -0.2) is 60.2 Å². The fraction of sp³-hybridized carbons (Fsp3) is 0.333. The molecule has 10 nitrogen and oxygen atoms in total. The first-order valence-electron chi connectivity index (χ1n) is 14.2. The number of ether oxygens (including phenoxy) is 3. The SMILES string of the molecule is COc1ccc(-n2nc(C(C)(C)C)c3c2N(CC(=O)NCc2cccnc2)C(=O)CSC3c2ccc(OC)c(OC)c2)cc1. The van der Waals surface area contributed by atoms with Gasteiger partial charge in [-0.1, -0.05) is 32.9 Å². The van der Waals surface area contributed by atoms with E-state index in [0.717, 1.165) is 28.1 Å². The Hall–Kier alpha value is -4.51. The van der Waals surface area contributed by atoms with Crippen molar-refractivity contribution in [1.29, 1.82) is 0 Å². The van der Waals surface area contributed by atoms with E-state index in [4.69, 9.17) is 19.3 Å². The molecule has 2 amide bonds. The van der Waals surface area contributed by atoms with E-state index in [-0.39, 0.29) is 29.4 Å². The fourth-order valence-corrected chi connectivity index (χ4v) is 6.35. The molecule has 1 unspecified atom stereocenters. The number of hydrogen-bond acceptors (Lipinski definition) is 8. The van der Waals surface area contributed by atoms with E-state index in [1.807, 2.05) is 54.6 Å². The molecule has 0 spiro atoms. The predicted molar refractivity (Wildman–Crippen MR) is 171 cm³/mol. The molecule has 0 bridgehead atoms. The Labute approximate surface area is 261 Å². The number of thioether (sulfide) groups is 1. The maximum Gasteiger partial charge on any atom is 0.240 e. The molecule has 0 saturated heterocycles. The van der Waals surface area contributed by atoms with E-state index in [1.54, 1.807) is 43.3 Å². The molecule has 0 saturated carbocycles. The molecule has 5 rings (SSSR count). The molecule has 4 aromatic rings. The van der Waals surface area contributed by atoms with Crippen molar-refractivity contribution in [2.24, 2.45) is 0 Å². The topological polar surface area (TPSA) is 108 Å². The monoisotopic (exact) mass is 615 g/mol. The molecule has 3 heterocycles. The first kappa shape index (κ1) is 30.9. The number of rotatable bonds is 9. The van der Waals surface area contributed by atoms with Crippen LogP contribution in [0, 0.1) is 0 Å². The predicted octanol–water partition coefficient (Wildman–Crippen LogP) is 5.08. The van der Waals surface area contributed by atoms with E-state index >= 15 is 0 Å². The van der Waals surface area contributed by atoms with Gasteiger partial charge < -0.3 is 19.5 Å². The fourth-order valence-electron chi connectivity index (χ4n) is 5.16. The molecule has 2 aromatic heterocycles. The second-order valence-electron chi connectivity index (χ2n) is 11.4. The van der Waals surface area contributed by atoms with Crippen LogP contribution >= 0.6 is 11.8 Å². The van der Waals surface area contributed by atoms with Crippen molar-refractivity contribution in [3.8, 4) is 22.9 Å². The van der Waals surface area contributed by atoms with Gasteiger partial charge in [0.25, 0.3) is 0 Å². The highest BCUT2D eigenvalue weighted by atomic mass is 32.2. The summed E-state index contributed by atoms with van der Waals surface area (Å²) in [5, 5.41) is 7.81. The Bertz CT molecular complexity index is 1630. The summed E-state index contributed by atoms with van der Waals surface area (Å²) in [6.45, 7) is 6.43. The van der Waals surface area contributed by atoms with Crippen LogP contribution < -0.4 is 24.4 Å². The summed E-state index contributed by atoms with van der Waals surface area (Å²) in [6.07, 6.45) is 3.39. The van der Waals surface area contributed by atoms with Crippen molar-refractivity contribution >= 4 is 29.4 Å². The van der Waals surface area contributed by atoms with Gasteiger partial charge in [0.15, 0.2) is 11.5 Å². The van der Waals surface area contributed by atoms with E-state index < -0.39 is 5.41 Å². The number of amides is 2. The number of methoxy groups -OCH3 is 3. The standard InChI is InChI=1S/C33H37N5O5S/c1-33(2,3)31-29-30(22-9-14-25(42-5)26(16-22)43-6)44-20-28(40)37(19-27(39)35-18-21-8-7-15-34-17-21)32(29)38(36-31)23-10-12-24(41-4)13-11-23/h7-17,30H,18-20H2,1-6H3,(H,35,39). The largest absolute Gasteiger partial charge is 0.497 e. The zero-order valence-electron chi connectivity index (χ0n) is 25.8. The van der Waals surface area contributed by atoms with Gasteiger partial charge >= 0.3 is 0 Å². The van der Waals surface area contributed by atoms with Gasteiger partial charge in [0.2, 0.25) is 11.8 Å². The lowest BCUT2D eigenvalue weighted by Crippen LogP contribution is -2.42. The molecule has 1 N–H and O–H groups in total. The zero-order valence-corrected chi connectivity index (χ0v) is 26.6. The van der Waals surface area contributed by atoms with Gasteiger partial charge in [0.05, 0.1) is 43.7 Å². The third kappa shape index (κ3) is 6.37. The van der Waals surface area contributed by atoms with Crippen LogP contribution in [0.5, 0.6) is 17.2 Å². The molecule has 1 aliphatic rings. The minimum atomic E-state index is -0.390. The van der Waals surface area contributed by atoms with Crippen LogP contribution in [0.25, 0.3) is 5.69 Å². The number of anilines is 1. The minimum absolute atomic E-state index is 0.162. The first-order chi connectivity index (χ1) is 21.1. The molecule has 2 aromatic carbocycles. The normalized spacial score (nSPS) is 14.9. The molecular weight excluding hydrogens is 578 g/mol. The van der Waals surface area contributed by atoms with Crippen LogP contribution in [0.4, 0.5) is 5.82 Å². The van der Waals surface area contributed by atoms with Crippen LogP contribution in [0.2, 0.25) is 0 Å². The summed E-state index contributed by atoms with van der Waals surface area (Å²) in [4.78, 5) is 33.0. The number of benzene rings is 2. The number of nitrogens with zero attached hydrogens (tertiary/aromatic N) is 4. The van der Waals surface area contributed by atoms with Crippen molar-refractivity contribution in [3.05, 3.63) is 89.4 Å². The summed E-state index contributed by atoms with van der Waals surface area (Å²) in [5.41, 5.74) is 3.85. The molecule has 1 atom stereocenters. The highest BCUT2D eigenvalue weighted by Crippen LogP contribution is 2.49. The lowest BCUT2D eigenvalue weighted by atomic mass is 9.87. The third-order valence-electron chi connectivity index (χ3n) is 7.34. The number of hydrogen-bond donors (Lipinski definition) is 1. The van der Waals surface area contributed by atoms with Crippen LogP contribution in [0.15, 0.2) is 67.0 Å². The molecule has 230 valence electrons. The van der Waals surface area contributed by atoms with E-state index in [9.17, 15) is 9.59 Å². The molecule has 44 heavy (non-hydrogen) atoms. The maximum absolute atomic E-state index is 13.9. The number of pyridine rings is 1. The van der Waals surface area contributed by atoms with Crippen LogP contribution in [0.3, 0.4) is 0 Å².